The highest BCUT2D eigenvalue weighted by Gasteiger charge is 2.21. The molecule has 0 bridgehead atoms. The maximum atomic E-state index is 12.5. The van der Waals surface area contributed by atoms with E-state index in [9.17, 15) is 28.4 Å². The molecule has 28 heavy (non-hydrogen) atoms. The third-order valence-corrected chi connectivity index (χ3v) is 4.90. The van der Waals surface area contributed by atoms with Crippen molar-refractivity contribution in [3.8, 4) is 5.75 Å². The number of carbonyl (C=O) groups is 1. The fourth-order valence-electron chi connectivity index (χ4n) is 2.74. The Hall–Kier alpha value is -3.50. The van der Waals surface area contributed by atoms with Gasteiger partial charge in [0, 0.05) is 23.2 Å². The van der Waals surface area contributed by atoms with E-state index in [0.717, 1.165) is 12.1 Å². The summed E-state index contributed by atoms with van der Waals surface area (Å²) in [6.45, 7) is 1.69. The van der Waals surface area contributed by atoms with E-state index in [4.69, 9.17) is 4.55 Å². The first-order valence-corrected chi connectivity index (χ1v) is 9.31. The van der Waals surface area contributed by atoms with E-state index >= 15 is 0 Å². The molecule has 0 radical (unpaired) electrons. The third kappa shape index (κ3) is 3.77. The summed E-state index contributed by atoms with van der Waals surface area (Å²) in [6, 6.07) is 10.4. The van der Waals surface area contributed by atoms with E-state index in [1.54, 1.807) is 6.92 Å². The second-order valence-corrected chi connectivity index (χ2v) is 7.51. The van der Waals surface area contributed by atoms with E-state index < -0.39 is 20.9 Å². The summed E-state index contributed by atoms with van der Waals surface area (Å²) in [5, 5.41) is 24.4. The van der Waals surface area contributed by atoms with Crippen LogP contribution in [0.4, 0.5) is 11.4 Å². The fourth-order valence-corrected chi connectivity index (χ4v) is 3.25. The van der Waals surface area contributed by atoms with Crippen LogP contribution in [0.2, 0.25) is 0 Å². The minimum absolute atomic E-state index is 0.133. The zero-order valence-corrected chi connectivity index (χ0v) is 15.2. The average molecular weight is 402 g/mol. The summed E-state index contributed by atoms with van der Waals surface area (Å²) in [5.74, 6) is -1.07. The van der Waals surface area contributed by atoms with Crippen molar-refractivity contribution in [2.75, 3.05) is 5.32 Å². The molecule has 3 aromatic carbocycles. The van der Waals surface area contributed by atoms with Crippen molar-refractivity contribution in [2.45, 2.75) is 11.8 Å². The summed E-state index contributed by atoms with van der Waals surface area (Å²) in [4.78, 5) is 22.6. The van der Waals surface area contributed by atoms with Crippen LogP contribution in [0.1, 0.15) is 15.9 Å². The number of aryl methyl sites for hydroxylation is 1. The molecule has 0 heterocycles. The van der Waals surface area contributed by atoms with Crippen molar-refractivity contribution < 1.29 is 27.8 Å². The predicted octanol–water partition coefficient (Wildman–Crippen LogP) is 3.26. The number of hydrogen-bond donors (Lipinski definition) is 3. The Kier molecular flexibility index (Phi) is 4.75. The van der Waals surface area contributed by atoms with Crippen LogP contribution in [-0.4, -0.2) is 28.9 Å². The van der Waals surface area contributed by atoms with E-state index in [1.165, 1.54) is 36.4 Å². The molecule has 0 spiro atoms. The molecule has 3 rings (SSSR count). The Morgan fingerprint density at radius 2 is 1.82 bits per heavy atom. The van der Waals surface area contributed by atoms with E-state index in [-0.39, 0.29) is 33.0 Å². The molecule has 0 aliphatic rings. The molecular formula is C18H14N2O7S. The lowest BCUT2D eigenvalue weighted by Crippen LogP contribution is -2.14. The van der Waals surface area contributed by atoms with E-state index in [2.05, 4.69) is 5.32 Å². The molecule has 9 nitrogen and oxygen atoms in total. The first-order valence-electron chi connectivity index (χ1n) is 7.87. The SMILES string of the molecule is Cc1ccc([N+](=O)[O-])c(C(=O)Nc2cc(O)c3cc(S(=O)(=O)O)ccc3c2)c1. The van der Waals surface area contributed by atoms with Gasteiger partial charge in [0.2, 0.25) is 0 Å². The van der Waals surface area contributed by atoms with Gasteiger partial charge < -0.3 is 10.4 Å². The topological polar surface area (TPSA) is 147 Å². The van der Waals surface area contributed by atoms with Gasteiger partial charge in [-0.15, -0.1) is 0 Å². The quantitative estimate of drug-likeness (QED) is 0.345. The molecule has 144 valence electrons. The normalized spacial score (nSPS) is 11.4. The monoisotopic (exact) mass is 402 g/mol. The lowest BCUT2D eigenvalue weighted by atomic mass is 10.1. The number of nitro groups is 1. The van der Waals surface area contributed by atoms with Crippen LogP contribution in [-0.2, 0) is 10.1 Å². The molecule has 0 atom stereocenters. The Bertz CT molecular complexity index is 1240. The minimum Gasteiger partial charge on any atom is -0.507 e. The number of nitrogens with zero attached hydrogens (tertiary/aromatic N) is 1. The number of amides is 1. The van der Waals surface area contributed by atoms with E-state index in [0.29, 0.717) is 10.9 Å². The molecule has 1 amide bonds. The van der Waals surface area contributed by atoms with Gasteiger partial charge >= 0.3 is 0 Å². The molecule has 0 saturated carbocycles. The maximum Gasteiger partial charge on any atom is 0.294 e. The van der Waals surface area contributed by atoms with Gasteiger partial charge in [-0.2, -0.15) is 8.42 Å². The average Bonchev–Trinajstić information content (AvgIpc) is 2.60. The number of hydrogen-bond acceptors (Lipinski definition) is 6. The van der Waals surface area contributed by atoms with Gasteiger partial charge in [0.25, 0.3) is 21.7 Å². The van der Waals surface area contributed by atoms with Gasteiger partial charge in [-0.3, -0.25) is 19.5 Å². The summed E-state index contributed by atoms with van der Waals surface area (Å²) < 4.78 is 31.6. The van der Waals surface area contributed by atoms with Crippen molar-refractivity contribution in [1.29, 1.82) is 0 Å². The highest BCUT2D eigenvalue weighted by Crippen LogP contribution is 2.31. The molecule has 10 heteroatoms. The van der Waals surface area contributed by atoms with Crippen LogP contribution in [0, 0.1) is 17.0 Å². The van der Waals surface area contributed by atoms with Gasteiger partial charge in [0.05, 0.1) is 9.82 Å². The Morgan fingerprint density at radius 3 is 2.46 bits per heavy atom. The number of rotatable bonds is 4. The molecule has 0 aliphatic carbocycles. The molecule has 3 aromatic rings. The first-order chi connectivity index (χ1) is 13.1. The smallest absolute Gasteiger partial charge is 0.294 e. The standard InChI is InChI=1S/C18H14N2O7S/c1-10-2-5-16(20(23)24)15(6-10)18(22)19-12-7-11-3-4-13(28(25,26)27)9-14(11)17(21)8-12/h2-9,21H,1H3,(H,19,22)(H,25,26,27). The highest BCUT2D eigenvalue weighted by molar-refractivity contribution is 7.85. The van der Waals surface area contributed by atoms with Crippen molar-refractivity contribution in [3.05, 3.63) is 69.8 Å². The summed E-state index contributed by atoms with van der Waals surface area (Å²) in [7, 11) is -4.44. The van der Waals surface area contributed by atoms with Crippen LogP contribution in [0.3, 0.4) is 0 Å². The number of anilines is 1. The van der Waals surface area contributed by atoms with Gasteiger partial charge in [0.15, 0.2) is 0 Å². The highest BCUT2D eigenvalue weighted by atomic mass is 32.2. The van der Waals surface area contributed by atoms with Gasteiger partial charge in [0.1, 0.15) is 11.3 Å². The molecule has 0 fully saturated rings. The number of nitrogens with one attached hydrogen (secondary N) is 1. The molecule has 0 aliphatic heterocycles. The number of phenols is 1. The lowest BCUT2D eigenvalue weighted by molar-refractivity contribution is -0.385. The Labute approximate surface area is 159 Å². The second-order valence-electron chi connectivity index (χ2n) is 6.09. The number of fused-ring (bicyclic) bond motifs is 1. The van der Waals surface area contributed by atoms with Gasteiger partial charge in [-0.25, -0.2) is 0 Å². The van der Waals surface area contributed by atoms with Gasteiger partial charge in [-0.05, 0) is 42.1 Å². The largest absolute Gasteiger partial charge is 0.507 e. The van der Waals surface area contributed by atoms with Crippen molar-refractivity contribution in [1.82, 2.24) is 0 Å². The predicted molar refractivity (Wildman–Crippen MR) is 101 cm³/mol. The zero-order chi connectivity index (χ0) is 20.6. The molecule has 0 unspecified atom stereocenters. The molecule has 0 saturated heterocycles. The summed E-state index contributed by atoms with van der Waals surface area (Å²) in [5.41, 5.74) is 0.331. The number of benzene rings is 3. The number of carbonyl (C=O) groups excluding carboxylic acids is 1. The molecule has 0 aromatic heterocycles. The van der Waals surface area contributed by atoms with Crippen molar-refractivity contribution in [3.63, 3.8) is 0 Å². The lowest BCUT2D eigenvalue weighted by Gasteiger charge is -2.10. The zero-order valence-electron chi connectivity index (χ0n) is 14.4. The van der Waals surface area contributed by atoms with Gasteiger partial charge in [-0.1, -0.05) is 12.1 Å². The van der Waals surface area contributed by atoms with Crippen molar-refractivity contribution >= 4 is 38.2 Å². The number of aromatic hydroxyl groups is 1. The summed E-state index contributed by atoms with van der Waals surface area (Å²) in [6.07, 6.45) is 0. The maximum absolute atomic E-state index is 12.5. The second kappa shape index (κ2) is 6.91. The minimum atomic E-state index is -4.44. The van der Waals surface area contributed by atoms with Crippen molar-refractivity contribution in [2.24, 2.45) is 0 Å². The number of nitro benzene ring substituents is 1. The Balaban J connectivity index is 2.01. The van der Waals surface area contributed by atoms with Crippen LogP contribution in [0.5, 0.6) is 5.75 Å². The van der Waals surface area contributed by atoms with Crippen LogP contribution < -0.4 is 5.32 Å². The first kappa shape index (κ1) is 19.3. The van der Waals surface area contributed by atoms with Crippen LogP contribution in [0.25, 0.3) is 10.8 Å². The van der Waals surface area contributed by atoms with E-state index in [1.807, 2.05) is 0 Å². The summed E-state index contributed by atoms with van der Waals surface area (Å²) >= 11 is 0. The fraction of sp³-hybridized carbons (Fsp3) is 0.0556. The van der Waals surface area contributed by atoms with Crippen LogP contribution in [0.15, 0.2) is 53.4 Å². The third-order valence-electron chi connectivity index (χ3n) is 4.05. The Morgan fingerprint density at radius 1 is 1.11 bits per heavy atom. The number of phenolic OH excluding ortho intramolecular Hbond substituents is 1. The molecular weight excluding hydrogens is 388 g/mol. The van der Waals surface area contributed by atoms with Crippen LogP contribution >= 0.6 is 0 Å². The molecule has 3 N–H and O–H groups in total.